The van der Waals surface area contributed by atoms with E-state index in [4.69, 9.17) is 11.5 Å². The molecule has 0 bridgehead atoms. The fourth-order valence-electron chi connectivity index (χ4n) is 1.58. The Kier molecular flexibility index (Phi) is 3.09. The second kappa shape index (κ2) is 4.58. The van der Waals surface area contributed by atoms with Gasteiger partial charge in [0.15, 0.2) is 0 Å². The molecule has 0 atom stereocenters. The lowest BCUT2D eigenvalue weighted by Crippen LogP contribution is -2.30. The number of aromatic hydroxyl groups is 1. The number of rotatable bonds is 2. The summed E-state index contributed by atoms with van der Waals surface area (Å²) in [5.41, 5.74) is 10.2. The molecule has 0 saturated heterocycles. The summed E-state index contributed by atoms with van der Waals surface area (Å²) < 4.78 is 0.550. The molecular weight excluding hydrogens is 270 g/mol. The molecule has 0 aliphatic rings. The first kappa shape index (κ1) is 12.8. The molecule has 98 valence electrons. The van der Waals surface area contributed by atoms with Gasteiger partial charge in [0, 0.05) is 10.1 Å². The van der Waals surface area contributed by atoms with Crippen molar-refractivity contribution < 1.29 is 19.5 Å². The number of primary amides is 2. The van der Waals surface area contributed by atoms with Gasteiger partial charge in [-0.15, -0.1) is 11.3 Å². The molecule has 1 aromatic heterocycles. The number of nitrogens with one attached hydrogen (secondary N) is 1. The van der Waals surface area contributed by atoms with Crippen molar-refractivity contribution in [3.63, 3.8) is 0 Å². The molecule has 0 saturated carbocycles. The molecule has 0 unspecified atom stereocenters. The van der Waals surface area contributed by atoms with Crippen molar-refractivity contribution in [2.24, 2.45) is 11.5 Å². The largest absolute Gasteiger partial charge is 0.508 e. The molecule has 0 radical (unpaired) electrons. The summed E-state index contributed by atoms with van der Waals surface area (Å²) >= 11 is 1.01. The molecule has 6 N–H and O–H groups in total. The number of carbonyl (C=O) groups excluding carboxylic acids is 3. The Morgan fingerprint density at radius 3 is 2.47 bits per heavy atom. The van der Waals surface area contributed by atoms with Gasteiger partial charge < -0.3 is 21.9 Å². The standard InChI is InChI=1S/C11H9N3O4S/c12-8(16)7-5-2-1-4(15)3-6(5)19-11(7)14-10(18)9(13)17/h1-3,15H,(H2,12,16)(H2,13,17)(H,14,18). The Labute approximate surface area is 110 Å². The van der Waals surface area contributed by atoms with Crippen LogP contribution in [0.5, 0.6) is 5.75 Å². The first-order valence-electron chi connectivity index (χ1n) is 5.06. The SMILES string of the molecule is NC(=O)C(=O)Nc1sc2cc(O)ccc2c1C(N)=O. The molecule has 0 aliphatic heterocycles. The molecular formula is C11H9N3O4S. The van der Waals surface area contributed by atoms with Crippen molar-refractivity contribution in [2.45, 2.75) is 0 Å². The number of carbonyl (C=O) groups is 3. The van der Waals surface area contributed by atoms with E-state index in [1.54, 1.807) is 0 Å². The minimum absolute atomic E-state index is 0.0116. The maximum Gasteiger partial charge on any atom is 0.314 e. The zero-order valence-corrected chi connectivity index (χ0v) is 10.3. The number of thiophene rings is 1. The molecule has 2 rings (SSSR count). The summed E-state index contributed by atoms with van der Waals surface area (Å²) in [7, 11) is 0. The number of fused-ring (bicyclic) bond motifs is 1. The lowest BCUT2D eigenvalue weighted by molar-refractivity contribution is -0.134. The molecule has 3 amide bonds. The van der Waals surface area contributed by atoms with E-state index in [0.29, 0.717) is 10.1 Å². The number of hydrogen-bond donors (Lipinski definition) is 4. The molecule has 2 aromatic rings. The van der Waals surface area contributed by atoms with E-state index >= 15 is 0 Å². The van der Waals surface area contributed by atoms with E-state index in [0.717, 1.165) is 11.3 Å². The molecule has 1 aromatic carbocycles. The number of benzene rings is 1. The van der Waals surface area contributed by atoms with Gasteiger partial charge in [-0.2, -0.15) is 0 Å². The molecule has 0 spiro atoms. The zero-order valence-electron chi connectivity index (χ0n) is 9.47. The predicted molar refractivity (Wildman–Crippen MR) is 69.8 cm³/mol. The van der Waals surface area contributed by atoms with Crippen LogP contribution in [0.15, 0.2) is 18.2 Å². The van der Waals surface area contributed by atoms with E-state index in [1.807, 2.05) is 0 Å². The Balaban J connectivity index is 2.59. The van der Waals surface area contributed by atoms with Gasteiger partial charge in [-0.25, -0.2) is 0 Å². The fraction of sp³-hybridized carbons (Fsp3) is 0. The van der Waals surface area contributed by atoms with Crippen molar-refractivity contribution in [3.8, 4) is 5.75 Å². The summed E-state index contributed by atoms with van der Waals surface area (Å²) in [6, 6.07) is 4.31. The molecule has 7 nitrogen and oxygen atoms in total. The van der Waals surface area contributed by atoms with E-state index in [1.165, 1.54) is 18.2 Å². The van der Waals surface area contributed by atoms with Crippen LogP contribution in [0.3, 0.4) is 0 Å². The first-order valence-corrected chi connectivity index (χ1v) is 5.88. The number of anilines is 1. The van der Waals surface area contributed by atoms with E-state index < -0.39 is 17.7 Å². The minimum atomic E-state index is -1.17. The topological polar surface area (TPSA) is 136 Å². The first-order chi connectivity index (χ1) is 8.90. The van der Waals surface area contributed by atoms with Crippen LogP contribution in [0.25, 0.3) is 10.1 Å². The summed E-state index contributed by atoms with van der Waals surface area (Å²) in [5, 5.41) is 12.2. The van der Waals surface area contributed by atoms with Crippen LogP contribution >= 0.6 is 11.3 Å². The van der Waals surface area contributed by atoms with Gasteiger partial charge in [0.2, 0.25) is 0 Å². The van der Waals surface area contributed by atoms with Crippen LogP contribution in [-0.4, -0.2) is 22.8 Å². The van der Waals surface area contributed by atoms with Gasteiger partial charge in [-0.3, -0.25) is 14.4 Å². The Morgan fingerprint density at radius 2 is 1.89 bits per heavy atom. The maximum absolute atomic E-state index is 11.4. The quantitative estimate of drug-likeness (QED) is 0.581. The maximum atomic E-state index is 11.4. The highest BCUT2D eigenvalue weighted by Crippen LogP contribution is 2.37. The number of phenolic OH excluding ortho intramolecular Hbond substituents is 1. The van der Waals surface area contributed by atoms with Crippen LogP contribution in [0.1, 0.15) is 10.4 Å². The molecule has 0 aliphatic carbocycles. The highest BCUT2D eigenvalue weighted by atomic mass is 32.1. The highest BCUT2D eigenvalue weighted by Gasteiger charge is 2.20. The third-order valence-corrected chi connectivity index (χ3v) is 3.44. The van der Waals surface area contributed by atoms with Gasteiger partial charge in [0.05, 0.1) is 5.56 Å². The van der Waals surface area contributed by atoms with Crippen molar-refractivity contribution in [1.82, 2.24) is 0 Å². The fourth-order valence-corrected chi connectivity index (χ4v) is 2.72. The highest BCUT2D eigenvalue weighted by molar-refractivity contribution is 7.23. The van der Waals surface area contributed by atoms with Crippen molar-refractivity contribution >= 4 is 44.1 Å². The van der Waals surface area contributed by atoms with E-state index in [2.05, 4.69) is 5.32 Å². The van der Waals surface area contributed by atoms with E-state index in [9.17, 15) is 19.5 Å². The number of nitrogens with two attached hydrogens (primary N) is 2. The summed E-state index contributed by atoms with van der Waals surface area (Å²) in [4.78, 5) is 33.4. The Bertz CT molecular complexity index is 707. The monoisotopic (exact) mass is 279 g/mol. The van der Waals surface area contributed by atoms with E-state index in [-0.39, 0.29) is 16.3 Å². The van der Waals surface area contributed by atoms with Crippen LogP contribution in [0.4, 0.5) is 5.00 Å². The van der Waals surface area contributed by atoms with Crippen molar-refractivity contribution in [3.05, 3.63) is 23.8 Å². The molecule has 19 heavy (non-hydrogen) atoms. The van der Waals surface area contributed by atoms with Crippen LogP contribution in [0.2, 0.25) is 0 Å². The third kappa shape index (κ3) is 2.33. The average Bonchev–Trinajstić information content (AvgIpc) is 2.65. The molecule has 0 fully saturated rings. The second-order valence-corrected chi connectivity index (χ2v) is 4.72. The van der Waals surface area contributed by atoms with Gasteiger partial charge >= 0.3 is 11.8 Å². The summed E-state index contributed by atoms with van der Waals surface area (Å²) in [6.07, 6.45) is 0. The zero-order chi connectivity index (χ0) is 14.2. The summed E-state index contributed by atoms with van der Waals surface area (Å²) in [6.45, 7) is 0. The van der Waals surface area contributed by atoms with Crippen molar-refractivity contribution in [2.75, 3.05) is 5.32 Å². The van der Waals surface area contributed by atoms with Gasteiger partial charge in [-0.05, 0) is 18.2 Å². The van der Waals surface area contributed by atoms with Crippen LogP contribution in [0, 0.1) is 0 Å². The van der Waals surface area contributed by atoms with Gasteiger partial charge in [0.1, 0.15) is 10.8 Å². The van der Waals surface area contributed by atoms with Crippen LogP contribution in [-0.2, 0) is 9.59 Å². The Morgan fingerprint density at radius 1 is 1.21 bits per heavy atom. The lowest BCUT2D eigenvalue weighted by Gasteiger charge is -2.01. The molecule has 1 heterocycles. The molecule has 8 heteroatoms. The van der Waals surface area contributed by atoms with Crippen molar-refractivity contribution in [1.29, 1.82) is 0 Å². The summed E-state index contributed by atoms with van der Waals surface area (Å²) in [5.74, 6) is -2.96. The third-order valence-electron chi connectivity index (χ3n) is 2.37. The Hall–Kier alpha value is -2.61. The van der Waals surface area contributed by atoms with Gasteiger partial charge in [-0.1, -0.05) is 0 Å². The number of phenols is 1. The average molecular weight is 279 g/mol. The number of hydrogen-bond acceptors (Lipinski definition) is 5. The minimum Gasteiger partial charge on any atom is -0.508 e. The lowest BCUT2D eigenvalue weighted by atomic mass is 10.1. The predicted octanol–water partition coefficient (Wildman–Crippen LogP) is 0.130. The van der Waals surface area contributed by atoms with Gasteiger partial charge in [0.25, 0.3) is 5.91 Å². The second-order valence-electron chi connectivity index (χ2n) is 3.67. The van der Waals surface area contributed by atoms with Crippen LogP contribution < -0.4 is 16.8 Å². The number of amides is 3. The smallest absolute Gasteiger partial charge is 0.314 e. The normalized spacial score (nSPS) is 10.3.